The van der Waals surface area contributed by atoms with E-state index in [2.05, 4.69) is 25.5 Å². The molecule has 0 saturated heterocycles. The highest BCUT2D eigenvalue weighted by molar-refractivity contribution is 5.10. The molecule has 0 unspecified atom stereocenters. The third-order valence-electron chi connectivity index (χ3n) is 1.32. The normalized spacial score (nSPS) is 10.1. The van der Waals surface area contributed by atoms with Gasteiger partial charge in [-0.25, -0.2) is 9.97 Å². The van der Waals surface area contributed by atoms with Crippen LogP contribution in [0.1, 0.15) is 5.56 Å². The molecule has 0 aliphatic heterocycles. The summed E-state index contributed by atoms with van der Waals surface area (Å²) in [5, 5.41) is 10.6. The molecule has 2 rings (SSSR count). The van der Waals surface area contributed by atoms with Crippen LogP contribution >= 0.6 is 0 Å². The Labute approximate surface area is 68.3 Å². The molecule has 2 heterocycles. The van der Waals surface area contributed by atoms with Crippen molar-refractivity contribution in [2.75, 3.05) is 0 Å². The van der Waals surface area contributed by atoms with Crippen LogP contribution in [0.25, 0.3) is 5.95 Å². The minimum absolute atomic E-state index is 0.477. The maximum atomic E-state index is 4.03. The van der Waals surface area contributed by atoms with Crippen molar-refractivity contribution in [1.29, 1.82) is 0 Å². The van der Waals surface area contributed by atoms with Crippen molar-refractivity contribution in [3.05, 3.63) is 24.3 Å². The summed E-state index contributed by atoms with van der Waals surface area (Å²) in [7, 11) is 0. The van der Waals surface area contributed by atoms with Crippen molar-refractivity contribution in [1.82, 2.24) is 30.2 Å². The molecule has 2 aromatic rings. The number of aryl methyl sites for hydroxylation is 1. The quantitative estimate of drug-likeness (QED) is 0.578. The molecular weight excluding hydrogens is 156 g/mol. The highest BCUT2D eigenvalue weighted by Crippen LogP contribution is 1.96. The molecule has 6 nitrogen and oxygen atoms in total. The zero-order chi connectivity index (χ0) is 8.39. The highest BCUT2D eigenvalue weighted by Gasteiger charge is 1.98. The fourth-order valence-electron chi connectivity index (χ4n) is 0.757. The maximum absolute atomic E-state index is 4.03. The maximum Gasteiger partial charge on any atom is 0.253 e. The Bertz CT molecular complexity index is 350. The Hall–Kier alpha value is -1.85. The Kier molecular flexibility index (Phi) is 1.51. The van der Waals surface area contributed by atoms with E-state index in [1.54, 1.807) is 12.4 Å². The largest absolute Gasteiger partial charge is 0.253 e. The van der Waals surface area contributed by atoms with Gasteiger partial charge < -0.3 is 0 Å². The van der Waals surface area contributed by atoms with Crippen LogP contribution in [0.3, 0.4) is 0 Å². The van der Waals surface area contributed by atoms with Gasteiger partial charge in [0, 0.05) is 12.4 Å². The smallest absolute Gasteiger partial charge is 0.219 e. The van der Waals surface area contributed by atoms with Crippen LogP contribution in [-0.4, -0.2) is 30.2 Å². The lowest BCUT2D eigenvalue weighted by Gasteiger charge is -1.95. The molecule has 60 valence electrons. The number of hydrogen-bond acceptors (Lipinski definition) is 5. The summed E-state index contributed by atoms with van der Waals surface area (Å²) < 4.78 is 1.40. The Morgan fingerprint density at radius 3 is 2.58 bits per heavy atom. The van der Waals surface area contributed by atoms with Gasteiger partial charge >= 0.3 is 0 Å². The molecule has 0 saturated carbocycles. The van der Waals surface area contributed by atoms with E-state index in [4.69, 9.17) is 0 Å². The summed E-state index contributed by atoms with van der Waals surface area (Å²) in [4.78, 5) is 8.06. The molecule has 12 heavy (non-hydrogen) atoms. The van der Waals surface area contributed by atoms with E-state index in [0.29, 0.717) is 5.95 Å². The second-order valence-electron chi connectivity index (χ2n) is 2.31. The molecule has 0 spiro atoms. The van der Waals surface area contributed by atoms with Crippen LogP contribution in [0, 0.1) is 6.92 Å². The average molecular weight is 162 g/mol. The Balaban J connectivity index is 2.43. The molecule has 0 N–H and O–H groups in total. The summed E-state index contributed by atoms with van der Waals surface area (Å²) in [6, 6.07) is 0. The van der Waals surface area contributed by atoms with Crippen molar-refractivity contribution in [3.8, 4) is 5.95 Å². The van der Waals surface area contributed by atoms with Gasteiger partial charge in [0.1, 0.15) is 6.33 Å². The summed E-state index contributed by atoms with van der Waals surface area (Å²) >= 11 is 0. The van der Waals surface area contributed by atoms with Crippen molar-refractivity contribution < 1.29 is 0 Å². The van der Waals surface area contributed by atoms with Gasteiger partial charge in [-0.05, 0) is 22.9 Å². The van der Waals surface area contributed by atoms with E-state index in [1.165, 1.54) is 11.0 Å². The molecular formula is C6H6N6. The number of tetrazole rings is 1. The zero-order valence-corrected chi connectivity index (χ0v) is 6.42. The molecule has 0 atom stereocenters. The van der Waals surface area contributed by atoms with Crippen LogP contribution in [0.2, 0.25) is 0 Å². The van der Waals surface area contributed by atoms with Crippen molar-refractivity contribution in [2.24, 2.45) is 0 Å². The monoisotopic (exact) mass is 162 g/mol. The van der Waals surface area contributed by atoms with Gasteiger partial charge in [0.2, 0.25) is 0 Å². The lowest BCUT2D eigenvalue weighted by Crippen LogP contribution is -2.01. The third-order valence-corrected chi connectivity index (χ3v) is 1.32. The van der Waals surface area contributed by atoms with Gasteiger partial charge in [0.05, 0.1) is 0 Å². The predicted octanol–water partition coefficient (Wildman–Crippen LogP) is -0.239. The second-order valence-corrected chi connectivity index (χ2v) is 2.31. The standard InChI is InChI=1S/C6H6N6/c1-5-2-7-6(8-3-5)12-4-9-10-11-12/h2-4H,1H3. The summed E-state index contributed by atoms with van der Waals surface area (Å²) in [6.07, 6.45) is 4.87. The number of hydrogen-bond donors (Lipinski definition) is 0. The van der Waals surface area contributed by atoms with E-state index >= 15 is 0 Å². The predicted molar refractivity (Wildman–Crippen MR) is 39.5 cm³/mol. The van der Waals surface area contributed by atoms with E-state index in [-0.39, 0.29) is 0 Å². The molecule has 0 aliphatic carbocycles. The molecule has 0 bridgehead atoms. The molecule has 0 radical (unpaired) electrons. The molecule has 2 aromatic heterocycles. The van der Waals surface area contributed by atoms with Gasteiger partial charge in [-0.1, -0.05) is 0 Å². The first-order valence-electron chi connectivity index (χ1n) is 3.38. The van der Waals surface area contributed by atoms with Crippen LogP contribution in [-0.2, 0) is 0 Å². The highest BCUT2D eigenvalue weighted by atomic mass is 15.5. The first-order valence-corrected chi connectivity index (χ1v) is 3.38. The summed E-state index contributed by atoms with van der Waals surface area (Å²) in [6.45, 7) is 1.92. The lowest BCUT2D eigenvalue weighted by molar-refractivity contribution is 0.746. The molecule has 0 aliphatic rings. The van der Waals surface area contributed by atoms with E-state index < -0.39 is 0 Å². The summed E-state index contributed by atoms with van der Waals surface area (Å²) in [5.41, 5.74) is 1.01. The van der Waals surface area contributed by atoms with Gasteiger partial charge in [-0.3, -0.25) is 0 Å². The fourth-order valence-corrected chi connectivity index (χ4v) is 0.757. The first kappa shape index (κ1) is 6.84. The number of nitrogens with zero attached hydrogens (tertiary/aromatic N) is 6. The SMILES string of the molecule is Cc1cnc(-n2cnnn2)nc1. The lowest BCUT2D eigenvalue weighted by atomic mass is 10.4. The van der Waals surface area contributed by atoms with Gasteiger partial charge in [-0.2, -0.15) is 4.68 Å². The average Bonchev–Trinajstić information content (AvgIpc) is 2.58. The topological polar surface area (TPSA) is 69.4 Å². The molecule has 0 aromatic carbocycles. The number of rotatable bonds is 1. The second kappa shape index (κ2) is 2.65. The summed E-state index contributed by atoms with van der Waals surface area (Å²) in [5.74, 6) is 0.477. The van der Waals surface area contributed by atoms with E-state index in [1.807, 2.05) is 6.92 Å². The van der Waals surface area contributed by atoms with Gasteiger partial charge in [-0.15, -0.1) is 5.10 Å². The number of aromatic nitrogens is 6. The van der Waals surface area contributed by atoms with Crippen LogP contribution in [0.15, 0.2) is 18.7 Å². The minimum Gasteiger partial charge on any atom is -0.219 e. The Morgan fingerprint density at radius 2 is 2.00 bits per heavy atom. The zero-order valence-electron chi connectivity index (χ0n) is 6.42. The molecule has 0 amide bonds. The Morgan fingerprint density at radius 1 is 1.25 bits per heavy atom. The molecule has 6 heteroatoms. The van der Waals surface area contributed by atoms with Crippen molar-refractivity contribution in [2.45, 2.75) is 6.92 Å². The van der Waals surface area contributed by atoms with Crippen LogP contribution in [0.5, 0.6) is 0 Å². The van der Waals surface area contributed by atoms with Crippen LogP contribution in [0.4, 0.5) is 0 Å². The van der Waals surface area contributed by atoms with Gasteiger partial charge in [0.15, 0.2) is 0 Å². The third kappa shape index (κ3) is 1.14. The molecule has 0 fully saturated rings. The fraction of sp³-hybridized carbons (Fsp3) is 0.167. The first-order chi connectivity index (χ1) is 5.86. The van der Waals surface area contributed by atoms with Crippen molar-refractivity contribution in [3.63, 3.8) is 0 Å². The van der Waals surface area contributed by atoms with Gasteiger partial charge in [0.25, 0.3) is 5.95 Å². The minimum atomic E-state index is 0.477. The van der Waals surface area contributed by atoms with Crippen molar-refractivity contribution >= 4 is 0 Å². The van der Waals surface area contributed by atoms with Crippen LogP contribution < -0.4 is 0 Å². The van der Waals surface area contributed by atoms with E-state index in [0.717, 1.165) is 5.56 Å². The van der Waals surface area contributed by atoms with E-state index in [9.17, 15) is 0 Å².